The summed E-state index contributed by atoms with van der Waals surface area (Å²) in [6, 6.07) is 20.0. The number of fused-ring (bicyclic) bond motifs is 1. The predicted molar refractivity (Wildman–Crippen MR) is 126 cm³/mol. The average molecular weight is 432 g/mol. The second kappa shape index (κ2) is 9.75. The molecule has 2 unspecified atom stereocenters. The van der Waals surface area contributed by atoms with Crippen molar-refractivity contribution in [2.24, 2.45) is 0 Å². The quantitative estimate of drug-likeness (QED) is 0.360. The highest BCUT2D eigenvalue weighted by Gasteiger charge is 2.20. The summed E-state index contributed by atoms with van der Waals surface area (Å²) in [7, 11) is 1.66. The molecule has 0 aliphatic rings. The number of aromatic nitrogens is 1. The number of furan rings is 1. The highest BCUT2D eigenvalue weighted by molar-refractivity contribution is 5.84. The summed E-state index contributed by atoms with van der Waals surface area (Å²) in [6.07, 6.45) is 2.03. The van der Waals surface area contributed by atoms with E-state index >= 15 is 0 Å². The highest BCUT2D eigenvalue weighted by atomic mass is 16.5. The van der Waals surface area contributed by atoms with Gasteiger partial charge in [-0.1, -0.05) is 30.3 Å². The number of aryl methyl sites for hydroxylation is 1. The fourth-order valence-electron chi connectivity index (χ4n) is 3.94. The Bertz CT molecular complexity index is 1180. The molecule has 0 saturated carbocycles. The van der Waals surface area contributed by atoms with Crippen LogP contribution in [-0.4, -0.2) is 31.1 Å². The van der Waals surface area contributed by atoms with E-state index in [0.29, 0.717) is 6.54 Å². The number of H-pyrrole nitrogens is 1. The molecule has 2 aromatic heterocycles. The van der Waals surface area contributed by atoms with Crippen LogP contribution < -0.4 is 15.4 Å². The van der Waals surface area contributed by atoms with Gasteiger partial charge in [0.2, 0.25) is 5.91 Å². The number of aromatic amines is 1. The maximum absolute atomic E-state index is 12.6. The fraction of sp³-hybridized carbons (Fsp3) is 0.269. The Hall–Kier alpha value is -3.51. The molecule has 4 rings (SSSR count). The number of ether oxygens (including phenoxy) is 1. The summed E-state index contributed by atoms with van der Waals surface area (Å²) in [6.45, 7) is 4.59. The van der Waals surface area contributed by atoms with Crippen LogP contribution in [-0.2, 0) is 4.79 Å². The summed E-state index contributed by atoms with van der Waals surface area (Å²) in [4.78, 5) is 16.0. The summed E-state index contributed by atoms with van der Waals surface area (Å²) < 4.78 is 10.9. The third-order valence-electron chi connectivity index (χ3n) is 5.77. The number of hydrogen-bond donors (Lipinski definition) is 3. The number of para-hydroxylation sites is 1. The van der Waals surface area contributed by atoms with Gasteiger partial charge in [0.05, 0.1) is 19.7 Å². The van der Waals surface area contributed by atoms with E-state index in [0.717, 1.165) is 39.3 Å². The number of methoxy groups -OCH3 is 1. The zero-order valence-corrected chi connectivity index (χ0v) is 18.6. The van der Waals surface area contributed by atoms with Crippen molar-refractivity contribution in [3.63, 3.8) is 0 Å². The van der Waals surface area contributed by atoms with Crippen LogP contribution in [0.1, 0.15) is 41.5 Å². The largest absolute Gasteiger partial charge is 0.497 e. The molecule has 2 heterocycles. The van der Waals surface area contributed by atoms with Crippen LogP contribution >= 0.6 is 0 Å². The van der Waals surface area contributed by atoms with Crippen molar-refractivity contribution in [2.45, 2.75) is 25.8 Å². The Balaban J connectivity index is 1.47. The van der Waals surface area contributed by atoms with Crippen molar-refractivity contribution < 1.29 is 13.9 Å². The van der Waals surface area contributed by atoms with Crippen LogP contribution in [0.3, 0.4) is 0 Å². The van der Waals surface area contributed by atoms with Gasteiger partial charge in [0.25, 0.3) is 0 Å². The van der Waals surface area contributed by atoms with Crippen LogP contribution in [0.15, 0.2) is 71.3 Å². The van der Waals surface area contributed by atoms with E-state index in [-0.39, 0.29) is 24.4 Å². The molecule has 0 radical (unpaired) electrons. The normalized spacial score (nSPS) is 13.1. The molecule has 0 bridgehead atoms. The smallest absolute Gasteiger partial charge is 0.234 e. The van der Waals surface area contributed by atoms with E-state index < -0.39 is 0 Å². The molecular formula is C26H29N3O3. The molecule has 32 heavy (non-hydrogen) atoms. The molecule has 0 fully saturated rings. The molecule has 1 amide bonds. The lowest BCUT2D eigenvalue weighted by molar-refractivity contribution is -0.120. The van der Waals surface area contributed by atoms with E-state index in [1.54, 1.807) is 7.11 Å². The monoisotopic (exact) mass is 431 g/mol. The van der Waals surface area contributed by atoms with Gasteiger partial charge >= 0.3 is 0 Å². The number of hydrogen-bond acceptors (Lipinski definition) is 4. The van der Waals surface area contributed by atoms with Crippen LogP contribution in [0.2, 0.25) is 0 Å². The van der Waals surface area contributed by atoms with Crippen molar-refractivity contribution in [3.05, 3.63) is 89.5 Å². The zero-order chi connectivity index (χ0) is 22.5. The first kappa shape index (κ1) is 21.7. The molecule has 6 nitrogen and oxygen atoms in total. The molecule has 2 atom stereocenters. The Kier molecular flexibility index (Phi) is 6.61. The highest BCUT2D eigenvalue weighted by Crippen LogP contribution is 2.31. The maximum atomic E-state index is 12.6. The fourth-order valence-corrected chi connectivity index (χ4v) is 3.94. The number of nitrogens with one attached hydrogen (secondary N) is 3. The van der Waals surface area contributed by atoms with E-state index in [2.05, 4.69) is 39.9 Å². The summed E-state index contributed by atoms with van der Waals surface area (Å²) in [5, 5.41) is 7.48. The van der Waals surface area contributed by atoms with E-state index in [1.165, 1.54) is 0 Å². The number of amides is 1. The third-order valence-corrected chi connectivity index (χ3v) is 5.77. The number of carbonyl (C=O) groups is 1. The lowest BCUT2D eigenvalue weighted by atomic mass is 9.91. The second-order valence-corrected chi connectivity index (χ2v) is 7.97. The Morgan fingerprint density at radius 3 is 2.59 bits per heavy atom. The number of carbonyl (C=O) groups excluding carboxylic acids is 1. The summed E-state index contributed by atoms with van der Waals surface area (Å²) >= 11 is 0. The van der Waals surface area contributed by atoms with Gasteiger partial charge in [-0.3, -0.25) is 10.1 Å². The predicted octanol–water partition coefficient (Wildman–Crippen LogP) is 4.68. The van der Waals surface area contributed by atoms with Gasteiger partial charge < -0.3 is 19.5 Å². The van der Waals surface area contributed by atoms with Crippen molar-refractivity contribution >= 4 is 16.8 Å². The first-order chi connectivity index (χ1) is 15.5. The van der Waals surface area contributed by atoms with E-state index in [9.17, 15) is 4.79 Å². The molecule has 0 aliphatic heterocycles. The lowest BCUT2D eigenvalue weighted by Crippen LogP contribution is -2.37. The molecule has 0 saturated heterocycles. The minimum Gasteiger partial charge on any atom is -0.497 e. The van der Waals surface area contributed by atoms with Crippen LogP contribution in [0, 0.1) is 6.92 Å². The molecule has 0 spiro atoms. The van der Waals surface area contributed by atoms with Gasteiger partial charge in [0.1, 0.15) is 17.3 Å². The zero-order valence-electron chi connectivity index (χ0n) is 18.6. The van der Waals surface area contributed by atoms with Crippen LogP contribution in [0.5, 0.6) is 5.75 Å². The molecule has 6 heteroatoms. The topological polar surface area (TPSA) is 79.3 Å². The third kappa shape index (κ3) is 4.86. The first-order valence-corrected chi connectivity index (χ1v) is 10.8. The van der Waals surface area contributed by atoms with Gasteiger partial charge in [-0.05, 0) is 55.3 Å². The average Bonchev–Trinajstić information content (AvgIpc) is 3.45. The first-order valence-electron chi connectivity index (χ1n) is 10.8. The second-order valence-electron chi connectivity index (χ2n) is 7.97. The molecule has 3 N–H and O–H groups in total. The number of rotatable bonds is 9. The van der Waals surface area contributed by atoms with Crippen LogP contribution in [0.4, 0.5) is 0 Å². The van der Waals surface area contributed by atoms with Gasteiger partial charge in [-0.15, -0.1) is 0 Å². The number of benzene rings is 2. The summed E-state index contributed by atoms with van der Waals surface area (Å²) in [5.41, 5.74) is 3.35. The van der Waals surface area contributed by atoms with Crippen molar-refractivity contribution in [1.82, 2.24) is 15.6 Å². The Labute approximate surface area is 188 Å². The summed E-state index contributed by atoms with van der Waals surface area (Å²) in [5.74, 6) is 2.44. The van der Waals surface area contributed by atoms with Gasteiger partial charge in [0, 0.05) is 29.6 Å². The van der Waals surface area contributed by atoms with E-state index in [1.807, 2.05) is 56.4 Å². The Morgan fingerprint density at radius 2 is 1.88 bits per heavy atom. The van der Waals surface area contributed by atoms with E-state index in [4.69, 9.17) is 9.15 Å². The van der Waals surface area contributed by atoms with Crippen molar-refractivity contribution in [3.8, 4) is 5.75 Å². The molecule has 0 aliphatic carbocycles. The molecular weight excluding hydrogens is 402 g/mol. The molecule has 2 aromatic carbocycles. The minimum absolute atomic E-state index is 0.00570. The van der Waals surface area contributed by atoms with Crippen molar-refractivity contribution in [1.29, 1.82) is 0 Å². The SMILES string of the molecule is COc1ccc(C(CNC(=O)CNC(C)c2ccc(C)o2)c2c[nH]c3ccccc23)cc1. The molecule has 4 aromatic rings. The molecule has 166 valence electrons. The van der Waals surface area contributed by atoms with Gasteiger partial charge in [0.15, 0.2) is 0 Å². The van der Waals surface area contributed by atoms with Crippen LogP contribution in [0.25, 0.3) is 10.9 Å². The Morgan fingerprint density at radius 1 is 1.09 bits per heavy atom. The lowest BCUT2D eigenvalue weighted by Gasteiger charge is -2.19. The maximum Gasteiger partial charge on any atom is 0.234 e. The minimum atomic E-state index is -0.0570. The van der Waals surface area contributed by atoms with Gasteiger partial charge in [-0.25, -0.2) is 0 Å². The standard InChI is InChI=1S/C26H29N3O3/c1-17-8-13-25(32-17)18(2)27-16-26(30)29-14-22(19-9-11-20(31-3)12-10-19)23-15-28-24-7-5-4-6-21(23)24/h4-13,15,18,22,27-28H,14,16H2,1-3H3,(H,29,30). The van der Waals surface area contributed by atoms with Gasteiger partial charge in [-0.2, -0.15) is 0 Å². The van der Waals surface area contributed by atoms with Crippen molar-refractivity contribution in [2.75, 3.05) is 20.2 Å².